The summed E-state index contributed by atoms with van der Waals surface area (Å²) in [6.07, 6.45) is -1.53. The van der Waals surface area contributed by atoms with Crippen molar-refractivity contribution in [1.29, 1.82) is 0 Å². The molecule has 0 saturated carbocycles. The second-order valence-corrected chi connectivity index (χ2v) is 5.75. The number of halogens is 3. The molecule has 10 heteroatoms. The molecule has 3 aromatic rings. The first-order valence-electron chi connectivity index (χ1n) is 7.80. The topological polar surface area (TPSA) is 84.5 Å². The smallest absolute Gasteiger partial charge is 0.417 e. The maximum Gasteiger partial charge on any atom is 0.417 e. The van der Waals surface area contributed by atoms with Gasteiger partial charge in [-0.25, -0.2) is 4.98 Å². The number of rotatable bonds is 6. The molecule has 0 aliphatic carbocycles. The maximum atomic E-state index is 13.0. The van der Waals surface area contributed by atoms with Crippen LogP contribution in [0, 0.1) is 0 Å². The fraction of sp³-hybridized carbons (Fsp3) is 0.312. The van der Waals surface area contributed by atoms with Gasteiger partial charge in [-0.3, -0.25) is 13.9 Å². The Morgan fingerprint density at radius 1 is 1.31 bits per heavy atom. The van der Waals surface area contributed by atoms with Gasteiger partial charge in [-0.1, -0.05) is 0 Å². The van der Waals surface area contributed by atoms with E-state index in [2.05, 4.69) is 15.4 Å². The number of carboxylic acid groups (broad SMARTS) is 1. The summed E-state index contributed by atoms with van der Waals surface area (Å²) in [5.41, 5.74) is 0.439. The van der Waals surface area contributed by atoms with E-state index in [1.54, 1.807) is 24.0 Å². The monoisotopic (exact) mass is 367 g/mol. The molecule has 0 fully saturated rings. The van der Waals surface area contributed by atoms with Gasteiger partial charge in [-0.2, -0.15) is 18.3 Å². The van der Waals surface area contributed by atoms with Crippen molar-refractivity contribution in [1.82, 2.24) is 19.2 Å². The van der Waals surface area contributed by atoms with E-state index in [1.165, 1.54) is 10.5 Å². The van der Waals surface area contributed by atoms with Gasteiger partial charge in [-0.05, 0) is 24.6 Å². The highest BCUT2D eigenvalue weighted by Crippen LogP contribution is 2.33. The molecular weight excluding hydrogens is 351 g/mol. The van der Waals surface area contributed by atoms with Gasteiger partial charge >= 0.3 is 12.1 Å². The zero-order valence-electron chi connectivity index (χ0n) is 13.8. The second-order valence-electron chi connectivity index (χ2n) is 5.75. The van der Waals surface area contributed by atoms with Crippen LogP contribution in [0.1, 0.15) is 18.4 Å². The minimum atomic E-state index is -4.48. The molecule has 0 amide bonds. The van der Waals surface area contributed by atoms with Gasteiger partial charge < -0.3 is 10.4 Å². The van der Waals surface area contributed by atoms with Crippen LogP contribution < -0.4 is 5.32 Å². The van der Waals surface area contributed by atoms with Gasteiger partial charge in [0, 0.05) is 32.4 Å². The number of aliphatic carboxylic acids is 1. The third-order valence-corrected chi connectivity index (χ3v) is 3.76. The third-order valence-electron chi connectivity index (χ3n) is 3.76. The van der Waals surface area contributed by atoms with Crippen molar-refractivity contribution in [3.8, 4) is 11.4 Å². The summed E-state index contributed by atoms with van der Waals surface area (Å²) in [7, 11) is 1.72. The van der Waals surface area contributed by atoms with Crippen LogP contribution in [0.5, 0.6) is 0 Å². The van der Waals surface area contributed by atoms with E-state index in [0.717, 1.165) is 12.3 Å². The largest absolute Gasteiger partial charge is 0.481 e. The fourth-order valence-electron chi connectivity index (χ4n) is 2.55. The molecule has 2 N–H and O–H groups in total. The Kier molecular flexibility index (Phi) is 4.58. The lowest BCUT2D eigenvalue weighted by Gasteiger charge is -2.10. The van der Waals surface area contributed by atoms with Crippen molar-refractivity contribution in [3.05, 3.63) is 36.2 Å². The van der Waals surface area contributed by atoms with Crippen LogP contribution in [-0.2, 0) is 18.0 Å². The molecule has 0 aliphatic heterocycles. The van der Waals surface area contributed by atoms with E-state index in [4.69, 9.17) is 5.11 Å². The highest BCUT2D eigenvalue weighted by Gasteiger charge is 2.31. The van der Waals surface area contributed by atoms with E-state index in [0.29, 0.717) is 29.3 Å². The quantitative estimate of drug-likeness (QED) is 0.654. The van der Waals surface area contributed by atoms with Crippen LogP contribution in [0.3, 0.4) is 0 Å². The average Bonchev–Trinajstić information content (AvgIpc) is 3.13. The van der Waals surface area contributed by atoms with Gasteiger partial charge in [-0.15, -0.1) is 0 Å². The Balaban J connectivity index is 2.04. The van der Waals surface area contributed by atoms with Gasteiger partial charge in [0.05, 0.1) is 5.56 Å². The molecule has 138 valence electrons. The lowest BCUT2D eigenvalue weighted by molar-refractivity contribution is -0.138. The number of imidazole rings is 1. The van der Waals surface area contributed by atoms with Crippen molar-refractivity contribution < 1.29 is 23.1 Å². The van der Waals surface area contributed by atoms with Gasteiger partial charge in [0.15, 0.2) is 0 Å². The van der Waals surface area contributed by atoms with Crippen molar-refractivity contribution in [3.63, 3.8) is 0 Å². The Labute approximate surface area is 146 Å². The summed E-state index contributed by atoms with van der Waals surface area (Å²) in [4.78, 5) is 15.0. The van der Waals surface area contributed by atoms with E-state index in [9.17, 15) is 18.0 Å². The number of hydrogen-bond donors (Lipinski definition) is 2. The summed E-state index contributed by atoms with van der Waals surface area (Å²) in [5, 5.41) is 16.0. The number of alkyl halides is 3. The van der Waals surface area contributed by atoms with Crippen LogP contribution in [0.2, 0.25) is 0 Å². The molecule has 3 aromatic heterocycles. The second kappa shape index (κ2) is 6.70. The normalized spacial score (nSPS) is 11.8. The molecule has 0 aromatic carbocycles. The third kappa shape index (κ3) is 3.63. The summed E-state index contributed by atoms with van der Waals surface area (Å²) in [5.74, 6) is -0.593. The van der Waals surface area contributed by atoms with E-state index in [-0.39, 0.29) is 13.0 Å². The molecule has 7 nitrogen and oxygen atoms in total. The van der Waals surface area contributed by atoms with E-state index < -0.39 is 17.7 Å². The average molecular weight is 367 g/mol. The van der Waals surface area contributed by atoms with Gasteiger partial charge in [0.25, 0.3) is 0 Å². The number of carbonyl (C=O) groups is 1. The fourth-order valence-corrected chi connectivity index (χ4v) is 2.55. The minimum absolute atomic E-state index is 0.0452. The van der Waals surface area contributed by atoms with E-state index in [1.807, 2.05) is 0 Å². The lowest BCUT2D eigenvalue weighted by Crippen LogP contribution is -2.09. The summed E-state index contributed by atoms with van der Waals surface area (Å²) in [6.45, 7) is 0.274. The summed E-state index contributed by atoms with van der Waals surface area (Å²) >= 11 is 0. The molecule has 0 unspecified atom stereocenters. The predicted molar refractivity (Wildman–Crippen MR) is 87.8 cm³/mol. The van der Waals surface area contributed by atoms with Crippen LogP contribution in [-0.4, -0.2) is 36.8 Å². The van der Waals surface area contributed by atoms with Crippen molar-refractivity contribution >= 4 is 17.4 Å². The summed E-state index contributed by atoms with van der Waals surface area (Å²) in [6, 6.07) is 3.96. The molecular formula is C16H16F3N5O2. The SMILES string of the molecule is Cn1ccc(-c2nc3ccc(C(F)(F)F)cn3c2NCCCC(=O)O)n1. The zero-order valence-corrected chi connectivity index (χ0v) is 13.8. The van der Waals surface area contributed by atoms with Crippen LogP contribution in [0.15, 0.2) is 30.6 Å². The summed E-state index contributed by atoms with van der Waals surface area (Å²) < 4.78 is 42.0. The van der Waals surface area contributed by atoms with Gasteiger partial charge in [0.2, 0.25) is 0 Å². The molecule has 0 aliphatic rings. The molecule has 0 saturated heterocycles. The van der Waals surface area contributed by atoms with Crippen molar-refractivity contribution in [2.45, 2.75) is 19.0 Å². The Morgan fingerprint density at radius 3 is 2.69 bits per heavy atom. The van der Waals surface area contributed by atoms with Gasteiger partial charge in [0.1, 0.15) is 22.9 Å². The first kappa shape index (κ1) is 17.8. The number of aromatic nitrogens is 4. The molecule has 0 spiro atoms. The number of nitrogens with zero attached hydrogens (tertiary/aromatic N) is 4. The zero-order chi connectivity index (χ0) is 18.9. The molecule has 0 bridgehead atoms. The Hall–Kier alpha value is -3.04. The maximum absolute atomic E-state index is 13.0. The van der Waals surface area contributed by atoms with Crippen molar-refractivity contribution in [2.24, 2.45) is 7.05 Å². The Bertz CT molecular complexity index is 945. The first-order chi connectivity index (χ1) is 12.3. The van der Waals surface area contributed by atoms with E-state index >= 15 is 0 Å². The molecule has 0 radical (unpaired) electrons. The number of hydrogen-bond acceptors (Lipinski definition) is 4. The highest BCUT2D eigenvalue weighted by atomic mass is 19.4. The predicted octanol–water partition coefficient (Wildman–Crippen LogP) is 3.03. The number of aryl methyl sites for hydroxylation is 1. The molecule has 3 rings (SSSR count). The van der Waals surface area contributed by atoms with Crippen LogP contribution in [0.25, 0.3) is 17.0 Å². The number of pyridine rings is 1. The number of nitrogens with one attached hydrogen (secondary N) is 1. The molecule has 3 heterocycles. The minimum Gasteiger partial charge on any atom is -0.481 e. The highest BCUT2D eigenvalue weighted by molar-refractivity contribution is 5.74. The molecule has 26 heavy (non-hydrogen) atoms. The number of fused-ring (bicyclic) bond motifs is 1. The first-order valence-corrected chi connectivity index (χ1v) is 7.80. The van der Waals surface area contributed by atoms with Crippen molar-refractivity contribution in [2.75, 3.05) is 11.9 Å². The lowest BCUT2D eigenvalue weighted by atomic mass is 10.2. The number of carboxylic acids is 1. The van der Waals surface area contributed by atoms with Crippen LogP contribution in [0.4, 0.5) is 19.0 Å². The number of anilines is 1. The Morgan fingerprint density at radius 2 is 2.08 bits per heavy atom. The molecule has 0 atom stereocenters. The standard InChI is InChI=1S/C16H16F3N5O2/c1-23-8-6-11(22-23)14-15(20-7-2-3-13(25)26)24-9-10(16(17,18)19)4-5-12(24)21-14/h4-6,8-9,20H,2-3,7H2,1H3,(H,25,26). The van der Waals surface area contributed by atoms with Crippen LogP contribution >= 0.6 is 0 Å².